The number of ether oxygens (including phenoxy) is 3. The topological polar surface area (TPSA) is 86.8 Å². The van der Waals surface area contributed by atoms with Crippen LogP contribution in [-0.4, -0.2) is 37.5 Å². The fourth-order valence-electron chi connectivity index (χ4n) is 3.32. The quantitative estimate of drug-likeness (QED) is 0.417. The maximum Gasteiger partial charge on any atom is 0.257 e. The molecule has 0 spiro atoms. The number of aromatic nitrogens is 1. The molecular weight excluding hydrogens is 440 g/mol. The zero-order valence-electron chi connectivity index (χ0n) is 18.6. The van der Waals surface area contributed by atoms with Crippen molar-refractivity contribution in [1.82, 2.24) is 4.98 Å². The highest BCUT2D eigenvalue weighted by atomic mass is 32.1. The predicted octanol–water partition coefficient (Wildman–Crippen LogP) is 5.22. The molecule has 1 aromatic heterocycles. The number of rotatable bonds is 11. The van der Waals surface area contributed by atoms with Crippen LogP contribution in [0.15, 0.2) is 47.8 Å². The number of anilines is 1. The van der Waals surface area contributed by atoms with Crippen molar-refractivity contribution < 1.29 is 23.8 Å². The standard InChI is InChI=1S/C25H26N2O5S/c1-30-20-10-6-17(7-11-20)21-15-33-25(26-21)27-24(29)18-8-12-22(23(13-18)31-2)32-14-19(28)9-5-16-3-4-16/h6-8,10-13,15-16H,3-5,9,14H2,1-2H3,(H,26,27,29). The van der Waals surface area contributed by atoms with Crippen LogP contribution >= 0.6 is 11.3 Å². The molecule has 0 aliphatic heterocycles. The molecule has 4 rings (SSSR count). The van der Waals surface area contributed by atoms with E-state index < -0.39 is 0 Å². The highest BCUT2D eigenvalue weighted by Gasteiger charge is 2.22. The van der Waals surface area contributed by atoms with Gasteiger partial charge in [0.1, 0.15) is 12.4 Å². The average Bonchev–Trinajstić information content (AvgIpc) is 3.57. The molecule has 172 valence electrons. The van der Waals surface area contributed by atoms with Crippen molar-refractivity contribution in [3.63, 3.8) is 0 Å². The van der Waals surface area contributed by atoms with E-state index in [4.69, 9.17) is 14.2 Å². The monoisotopic (exact) mass is 466 g/mol. The molecule has 0 atom stereocenters. The first kappa shape index (κ1) is 22.8. The molecule has 33 heavy (non-hydrogen) atoms. The van der Waals surface area contributed by atoms with Gasteiger partial charge >= 0.3 is 0 Å². The van der Waals surface area contributed by atoms with Gasteiger partial charge in [-0.25, -0.2) is 4.98 Å². The Morgan fingerprint density at radius 3 is 2.55 bits per heavy atom. The van der Waals surface area contributed by atoms with Crippen molar-refractivity contribution >= 4 is 28.2 Å². The second kappa shape index (κ2) is 10.5. The molecule has 0 unspecified atom stereocenters. The van der Waals surface area contributed by atoms with E-state index in [2.05, 4.69) is 10.3 Å². The Balaban J connectivity index is 1.36. The van der Waals surface area contributed by atoms with E-state index in [0.717, 1.165) is 23.4 Å². The third-order valence-electron chi connectivity index (χ3n) is 5.45. The summed E-state index contributed by atoms with van der Waals surface area (Å²) in [5.74, 6) is 2.08. The number of thiazole rings is 1. The SMILES string of the molecule is COc1ccc(-c2csc(NC(=O)c3ccc(OCC(=O)CCC4CC4)c(OC)c3)n2)cc1. The third kappa shape index (κ3) is 6.10. The normalized spacial score (nSPS) is 12.8. The van der Waals surface area contributed by atoms with E-state index in [1.165, 1.54) is 31.3 Å². The summed E-state index contributed by atoms with van der Waals surface area (Å²) >= 11 is 1.34. The molecule has 1 amide bonds. The van der Waals surface area contributed by atoms with Gasteiger partial charge in [-0.05, 0) is 54.8 Å². The summed E-state index contributed by atoms with van der Waals surface area (Å²) in [6.45, 7) is 0.00186. The van der Waals surface area contributed by atoms with Gasteiger partial charge in [-0.15, -0.1) is 11.3 Å². The Bertz CT molecular complexity index is 1120. The molecule has 2 aromatic carbocycles. The highest BCUT2D eigenvalue weighted by molar-refractivity contribution is 7.14. The minimum Gasteiger partial charge on any atom is -0.497 e. The van der Waals surface area contributed by atoms with Crippen LogP contribution in [0, 0.1) is 5.92 Å². The Labute approximate surface area is 196 Å². The van der Waals surface area contributed by atoms with Gasteiger partial charge < -0.3 is 14.2 Å². The van der Waals surface area contributed by atoms with Crippen LogP contribution in [0.5, 0.6) is 17.2 Å². The van der Waals surface area contributed by atoms with Gasteiger partial charge in [-0.3, -0.25) is 14.9 Å². The molecular formula is C25H26N2O5S. The number of methoxy groups -OCH3 is 2. The van der Waals surface area contributed by atoms with Crippen LogP contribution in [-0.2, 0) is 4.79 Å². The maximum absolute atomic E-state index is 12.7. The number of nitrogens with one attached hydrogen (secondary N) is 1. The molecule has 8 heteroatoms. The van der Waals surface area contributed by atoms with E-state index in [-0.39, 0.29) is 18.3 Å². The highest BCUT2D eigenvalue weighted by Crippen LogP contribution is 2.34. The van der Waals surface area contributed by atoms with E-state index in [1.807, 2.05) is 29.6 Å². The number of nitrogens with zero attached hydrogens (tertiary/aromatic N) is 1. The molecule has 0 saturated heterocycles. The molecule has 1 N–H and O–H groups in total. The van der Waals surface area contributed by atoms with Gasteiger partial charge in [-0.1, -0.05) is 12.8 Å². The Hall–Kier alpha value is -3.39. The number of ketones is 1. The minimum atomic E-state index is -0.309. The number of benzene rings is 2. The molecule has 1 aliphatic carbocycles. The first-order valence-electron chi connectivity index (χ1n) is 10.8. The minimum absolute atomic E-state index is 0.00186. The first-order valence-corrected chi connectivity index (χ1v) is 11.7. The van der Waals surface area contributed by atoms with Gasteiger partial charge in [0.25, 0.3) is 5.91 Å². The summed E-state index contributed by atoms with van der Waals surface area (Å²) in [5.41, 5.74) is 2.11. The van der Waals surface area contributed by atoms with Gasteiger partial charge in [0.2, 0.25) is 0 Å². The van der Waals surface area contributed by atoms with Crippen LogP contribution in [0.25, 0.3) is 11.3 Å². The molecule has 1 fully saturated rings. The van der Waals surface area contributed by atoms with Gasteiger partial charge in [0.05, 0.1) is 19.9 Å². The number of amides is 1. The van der Waals surface area contributed by atoms with Crippen LogP contribution in [0.2, 0.25) is 0 Å². The van der Waals surface area contributed by atoms with Gasteiger partial charge in [0.15, 0.2) is 22.4 Å². The van der Waals surface area contributed by atoms with Crippen molar-refractivity contribution in [1.29, 1.82) is 0 Å². The number of hydrogen-bond donors (Lipinski definition) is 1. The molecule has 1 aliphatic rings. The average molecular weight is 467 g/mol. The second-order valence-electron chi connectivity index (χ2n) is 7.90. The fraction of sp³-hybridized carbons (Fsp3) is 0.320. The van der Waals surface area contributed by atoms with Crippen LogP contribution in [0.3, 0.4) is 0 Å². The first-order chi connectivity index (χ1) is 16.1. The van der Waals surface area contributed by atoms with Crippen LogP contribution < -0.4 is 19.5 Å². The van der Waals surface area contributed by atoms with Crippen molar-refractivity contribution in [3.8, 4) is 28.5 Å². The lowest BCUT2D eigenvalue weighted by Crippen LogP contribution is -2.13. The summed E-state index contributed by atoms with van der Waals surface area (Å²) in [4.78, 5) is 29.3. The van der Waals surface area contributed by atoms with E-state index >= 15 is 0 Å². The lowest BCUT2D eigenvalue weighted by molar-refractivity contribution is -0.121. The molecule has 7 nitrogen and oxygen atoms in total. The number of carbonyl (C=O) groups excluding carboxylic acids is 2. The largest absolute Gasteiger partial charge is 0.497 e. The zero-order valence-corrected chi connectivity index (χ0v) is 19.4. The molecule has 1 heterocycles. The Morgan fingerprint density at radius 1 is 1.06 bits per heavy atom. The smallest absolute Gasteiger partial charge is 0.257 e. The van der Waals surface area contributed by atoms with Crippen molar-refractivity contribution in [2.45, 2.75) is 25.7 Å². The second-order valence-corrected chi connectivity index (χ2v) is 8.75. The number of Topliss-reactive ketones (excluding diaryl/α,β-unsaturated/α-hetero) is 1. The lowest BCUT2D eigenvalue weighted by Gasteiger charge is -2.11. The van der Waals surface area contributed by atoms with Gasteiger partial charge in [-0.2, -0.15) is 0 Å². The van der Waals surface area contributed by atoms with Crippen LogP contribution in [0.1, 0.15) is 36.0 Å². The van der Waals surface area contributed by atoms with Crippen molar-refractivity contribution in [3.05, 3.63) is 53.4 Å². The fourth-order valence-corrected chi connectivity index (χ4v) is 4.04. The summed E-state index contributed by atoms with van der Waals surface area (Å²) in [7, 11) is 3.12. The Kier molecular flexibility index (Phi) is 7.24. The van der Waals surface area contributed by atoms with Crippen molar-refractivity contribution in [2.24, 2.45) is 5.92 Å². The van der Waals surface area contributed by atoms with E-state index in [9.17, 15) is 9.59 Å². The maximum atomic E-state index is 12.7. The lowest BCUT2D eigenvalue weighted by atomic mass is 10.1. The Morgan fingerprint density at radius 2 is 1.85 bits per heavy atom. The number of hydrogen-bond acceptors (Lipinski definition) is 7. The van der Waals surface area contributed by atoms with Crippen LogP contribution in [0.4, 0.5) is 5.13 Å². The van der Waals surface area contributed by atoms with Crippen molar-refractivity contribution in [2.75, 3.05) is 26.1 Å². The zero-order chi connectivity index (χ0) is 23.2. The summed E-state index contributed by atoms with van der Waals surface area (Å²) < 4.78 is 16.2. The summed E-state index contributed by atoms with van der Waals surface area (Å²) in [5, 5.41) is 5.19. The van der Waals surface area contributed by atoms with Gasteiger partial charge in [0, 0.05) is 22.9 Å². The molecule has 0 radical (unpaired) electrons. The molecule has 3 aromatic rings. The third-order valence-corrected chi connectivity index (χ3v) is 6.21. The van der Waals surface area contributed by atoms with E-state index in [0.29, 0.717) is 34.5 Å². The number of carbonyl (C=O) groups is 2. The predicted molar refractivity (Wildman–Crippen MR) is 128 cm³/mol. The van der Waals surface area contributed by atoms with E-state index in [1.54, 1.807) is 25.3 Å². The molecule has 1 saturated carbocycles. The summed E-state index contributed by atoms with van der Waals surface area (Å²) in [6, 6.07) is 12.4. The summed E-state index contributed by atoms with van der Waals surface area (Å²) in [6.07, 6.45) is 3.94. The molecule has 0 bridgehead atoms.